The first-order chi connectivity index (χ1) is 8.54. The van der Waals surface area contributed by atoms with Crippen LogP contribution in [0.15, 0.2) is 18.5 Å². The molecule has 0 amide bonds. The maximum Gasteiger partial charge on any atom is 0.167 e. The lowest BCUT2D eigenvalue weighted by Crippen LogP contribution is -2.14. The molecule has 1 aromatic rings. The van der Waals surface area contributed by atoms with E-state index in [1.165, 1.54) is 0 Å². The normalized spacial score (nSPS) is 12.5. The van der Waals surface area contributed by atoms with E-state index < -0.39 is 0 Å². The van der Waals surface area contributed by atoms with Gasteiger partial charge in [0.2, 0.25) is 0 Å². The van der Waals surface area contributed by atoms with Gasteiger partial charge in [-0.25, -0.2) is 0 Å². The largest absolute Gasteiger partial charge is 0.489 e. The van der Waals surface area contributed by atoms with Crippen LogP contribution in [0.2, 0.25) is 0 Å². The summed E-state index contributed by atoms with van der Waals surface area (Å²) in [5.41, 5.74) is 6.06. The third-order valence-corrected chi connectivity index (χ3v) is 2.66. The predicted molar refractivity (Wildman–Crippen MR) is 71.8 cm³/mol. The van der Waals surface area contributed by atoms with Crippen LogP contribution in [0.5, 0.6) is 5.75 Å². The molecule has 2 N–H and O–H groups in total. The van der Waals surface area contributed by atoms with Gasteiger partial charge in [0.05, 0.1) is 12.3 Å². The number of nitrogens with two attached hydrogens (primary N) is 1. The van der Waals surface area contributed by atoms with Crippen molar-refractivity contribution in [3.63, 3.8) is 0 Å². The summed E-state index contributed by atoms with van der Waals surface area (Å²) in [4.78, 5) is 16.2. The van der Waals surface area contributed by atoms with E-state index in [0.717, 1.165) is 12.8 Å². The van der Waals surface area contributed by atoms with Gasteiger partial charge in [0.15, 0.2) is 5.78 Å². The van der Waals surface area contributed by atoms with Gasteiger partial charge in [0, 0.05) is 17.7 Å². The van der Waals surface area contributed by atoms with Crippen LogP contribution < -0.4 is 10.5 Å². The second kappa shape index (κ2) is 7.11. The summed E-state index contributed by atoms with van der Waals surface area (Å²) in [6.07, 6.45) is 4.97. The number of hydrogen-bond donors (Lipinski definition) is 1. The Morgan fingerprint density at radius 1 is 1.39 bits per heavy atom. The molecule has 100 valence electrons. The molecule has 1 rings (SSSR count). The maximum atomic E-state index is 12.2. The van der Waals surface area contributed by atoms with Gasteiger partial charge in [0.1, 0.15) is 5.75 Å². The van der Waals surface area contributed by atoms with Crippen LogP contribution in [0.4, 0.5) is 0 Å². The zero-order chi connectivity index (χ0) is 13.5. The van der Waals surface area contributed by atoms with Crippen LogP contribution in [0.1, 0.15) is 44.0 Å². The summed E-state index contributed by atoms with van der Waals surface area (Å²) in [6.45, 7) is 6.43. The minimum Gasteiger partial charge on any atom is -0.489 e. The molecule has 0 aliphatic heterocycles. The lowest BCUT2D eigenvalue weighted by Gasteiger charge is -2.12. The monoisotopic (exact) mass is 250 g/mol. The first-order valence-corrected chi connectivity index (χ1v) is 6.40. The minimum absolute atomic E-state index is 0.0235. The molecule has 0 aromatic carbocycles. The number of Topliss-reactive ketones (excluding diaryl/α,β-unsaturated/α-hetero) is 1. The smallest absolute Gasteiger partial charge is 0.167 e. The van der Waals surface area contributed by atoms with Gasteiger partial charge in [-0.15, -0.1) is 0 Å². The van der Waals surface area contributed by atoms with Crippen molar-refractivity contribution in [2.24, 2.45) is 11.7 Å². The summed E-state index contributed by atoms with van der Waals surface area (Å²) < 4.78 is 5.53. The molecule has 0 spiro atoms. The average molecular weight is 250 g/mol. The van der Waals surface area contributed by atoms with E-state index in [-0.39, 0.29) is 17.8 Å². The summed E-state index contributed by atoms with van der Waals surface area (Å²) >= 11 is 0. The number of nitrogens with zero attached hydrogens (tertiary/aromatic N) is 1. The van der Waals surface area contributed by atoms with E-state index in [9.17, 15) is 4.79 Å². The van der Waals surface area contributed by atoms with Gasteiger partial charge in [0.25, 0.3) is 0 Å². The van der Waals surface area contributed by atoms with Crippen molar-refractivity contribution in [3.8, 4) is 5.75 Å². The first-order valence-electron chi connectivity index (χ1n) is 6.40. The number of carbonyl (C=O) groups is 1. The molecule has 1 atom stereocenters. The predicted octanol–water partition coefficient (Wildman–Crippen LogP) is 2.43. The zero-order valence-electron chi connectivity index (χ0n) is 11.3. The summed E-state index contributed by atoms with van der Waals surface area (Å²) in [7, 11) is 0. The number of ketones is 1. The lowest BCUT2D eigenvalue weighted by molar-refractivity contribution is 0.0922. The Labute approximate surface area is 109 Å². The van der Waals surface area contributed by atoms with Crippen molar-refractivity contribution in [2.45, 2.75) is 39.7 Å². The molecule has 0 bridgehead atoms. The maximum absolute atomic E-state index is 12.2. The lowest BCUT2D eigenvalue weighted by atomic mass is 9.96. The van der Waals surface area contributed by atoms with Gasteiger partial charge in [-0.3, -0.25) is 9.78 Å². The summed E-state index contributed by atoms with van der Waals surface area (Å²) in [5.74, 6) is 0.719. The molecule has 1 unspecified atom stereocenters. The van der Waals surface area contributed by atoms with Crippen molar-refractivity contribution < 1.29 is 9.53 Å². The van der Waals surface area contributed by atoms with Crippen LogP contribution in [0.3, 0.4) is 0 Å². The number of rotatable bonds is 7. The molecule has 18 heavy (non-hydrogen) atoms. The van der Waals surface area contributed by atoms with E-state index in [1.807, 2.05) is 20.8 Å². The van der Waals surface area contributed by atoms with Gasteiger partial charge in [-0.1, -0.05) is 6.92 Å². The van der Waals surface area contributed by atoms with Crippen LogP contribution in [0.25, 0.3) is 0 Å². The zero-order valence-corrected chi connectivity index (χ0v) is 11.3. The van der Waals surface area contributed by atoms with E-state index in [2.05, 4.69) is 4.98 Å². The van der Waals surface area contributed by atoms with E-state index in [0.29, 0.717) is 17.9 Å². The second-order valence-corrected chi connectivity index (χ2v) is 4.77. The molecular weight excluding hydrogens is 228 g/mol. The van der Waals surface area contributed by atoms with E-state index >= 15 is 0 Å². The highest BCUT2D eigenvalue weighted by Gasteiger charge is 2.15. The minimum atomic E-state index is -0.0235. The van der Waals surface area contributed by atoms with Crippen LogP contribution >= 0.6 is 0 Å². The highest BCUT2D eigenvalue weighted by Crippen LogP contribution is 2.18. The Morgan fingerprint density at radius 2 is 2.11 bits per heavy atom. The molecule has 0 saturated heterocycles. The van der Waals surface area contributed by atoms with Gasteiger partial charge in [-0.05, 0) is 39.3 Å². The number of pyridine rings is 1. The van der Waals surface area contributed by atoms with Crippen molar-refractivity contribution >= 4 is 5.78 Å². The van der Waals surface area contributed by atoms with Crippen molar-refractivity contribution in [1.29, 1.82) is 0 Å². The Morgan fingerprint density at radius 3 is 2.72 bits per heavy atom. The number of ether oxygens (including phenoxy) is 1. The average Bonchev–Trinajstić information content (AvgIpc) is 2.34. The fourth-order valence-corrected chi connectivity index (χ4v) is 1.73. The highest BCUT2D eigenvalue weighted by atomic mass is 16.5. The Balaban J connectivity index is 2.73. The second-order valence-electron chi connectivity index (χ2n) is 4.77. The summed E-state index contributed by atoms with van der Waals surface area (Å²) in [6, 6.07) is 1.76. The van der Waals surface area contributed by atoms with Crippen LogP contribution in [-0.2, 0) is 0 Å². The van der Waals surface area contributed by atoms with Crippen molar-refractivity contribution in [1.82, 2.24) is 4.98 Å². The Hall–Kier alpha value is -1.42. The molecule has 0 radical (unpaired) electrons. The van der Waals surface area contributed by atoms with Gasteiger partial charge in [-0.2, -0.15) is 0 Å². The molecule has 0 aliphatic carbocycles. The number of aromatic nitrogens is 1. The molecule has 1 aromatic heterocycles. The molecule has 0 fully saturated rings. The molecule has 0 saturated carbocycles. The molecule has 4 nitrogen and oxygen atoms in total. The van der Waals surface area contributed by atoms with Gasteiger partial charge < -0.3 is 10.5 Å². The Kier molecular flexibility index (Phi) is 5.78. The van der Waals surface area contributed by atoms with Crippen LogP contribution in [-0.4, -0.2) is 23.4 Å². The fraction of sp³-hybridized carbons (Fsp3) is 0.571. The quantitative estimate of drug-likeness (QED) is 0.755. The van der Waals surface area contributed by atoms with E-state index in [1.54, 1.807) is 18.5 Å². The molecular formula is C14H22N2O2. The standard InChI is InChI=1S/C14H22N2O2/c1-10(2)18-13-7-12(8-16-9-13)14(17)11(3)5-4-6-15/h7-11H,4-6,15H2,1-3H3. The number of carbonyl (C=O) groups excluding carboxylic acids is 1. The highest BCUT2D eigenvalue weighted by molar-refractivity contribution is 5.97. The van der Waals surface area contributed by atoms with Gasteiger partial charge >= 0.3 is 0 Å². The van der Waals surface area contributed by atoms with Crippen LogP contribution in [0, 0.1) is 5.92 Å². The third-order valence-electron chi connectivity index (χ3n) is 2.66. The summed E-state index contributed by atoms with van der Waals surface area (Å²) in [5, 5.41) is 0. The number of hydrogen-bond acceptors (Lipinski definition) is 4. The third kappa shape index (κ3) is 4.45. The van der Waals surface area contributed by atoms with Crippen molar-refractivity contribution in [3.05, 3.63) is 24.0 Å². The fourth-order valence-electron chi connectivity index (χ4n) is 1.73. The SMILES string of the molecule is CC(C)Oc1cncc(C(=O)C(C)CCCN)c1. The van der Waals surface area contributed by atoms with Crippen molar-refractivity contribution in [2.75, 3.05) is 6.54 Å². The first kappa shape index (κ1) is 14.6. The molecule has 1 heterocycles. The Bertz CT molecular complexity index is 391. The van der Waals surface area contributed by atoms with E-state index in [4.69, 9.17) is 10.5 Å². The topological polar surface area (TPSA) is 65.2 Å². The molecule has 0 aliphatic rings. The molecule has 4 heteroatoms.